The van der Waals surface area contributed by atoms with Crippen molar-refractivity contribution in [3.05, 3.63) is 29.8 Å². The molecule has 0 atom stereocenters. The Labute approximate surface area is 115 Å². The zero-order chi connectivity index (χ0) is 13.9. The van der Waals surface area contributed by atoms with Crippen LogP contribution in [0, 0.1) is 0 Å². The van der Waals surface area contributed by atoms with Crippen LogP contribution in [0.4, 0.5) is 0 Å². The van der Waals surface area contributed by atoms with Crippen molar-refractivity contribution in [3.63, 3.8) is 0 Å². The highest BCUT2D eigenvalue weighted by Gasteiger charge is 2.34. The smallest absolute Gasteiger partial charge is 0.156 e. The van der Waals surface area contributed by atoms with E-state index < -0.39 is 5.54 Å². The molecule has 1 aromatic rings. The fourth-order valence-corrected chi connectivity index (χ4v) is 2.70. The van der Waals surface area contributed by atoms with E-state index in [1.807, 2.05) is 19.9 Å². The number of carbonyl (C=O) groups excluding carboxylic acids is 1. The molecular formula is C16H23NO2. The molecule has 3 heteroatoms. The molecule has 19 heavy (non-hydrogen) atoms. The average molecular weight is 261 g/mol. The van der Waals surface area contributed by atoms with Crippen LogP contribution in [0.1, 0.15) is 38.7 Å². The Kier molecular flexibility index (Phi) is 4.25. The third-order valence-electron chi connectivity index (χ3n) is 4.10. The summed E-state index contributed by atoms with van der Waals surface area (Å²) >= 11 is 0. The van der Waals surface area contributed by atoms with Crippen molar-refractivity contribution in [3.8, 4) is 5.75 Å². The van der Waals surface area contributed by atoms with Crippen molar-refractivity contribution in [2.45, 2.75) is 45.1 Å². The van der Waals surface area contributed by atoms with Crippen LogP contribution in [0.25, 0.3) is 0 Å². The molecule has 104 valence electrons. The second-order valence-corrected chi connectivity index (χ2v) is 5.88. The first-order valence-corrected chi connectivity index (χ1v) is 7.06. The molecule has 1 saturated heterocycles. The first kappa shape index (κ1) is 14.1. The molecule has 0 amide bonds. The summed E-state index contributed by atoms with van der Waals surface area (Å²) in [7, 11) is 0. The van der Waals surface area contributed by atoms with Crippen molar-refractivity contribution in [1.82, 2.24) is 4.90 Å². The van der Waals surface area contributed by atoms with Crippen molar-refractivity contribution < 1.29 is 9.90 Å². The number of phenolic OH excluding ortho intramolecular Hbond substituents is 1. The minimum atomic E-state index is -0.411. The van der Waals surface area contributed by atoms with Crippen molar-refractivity contribution in [2.24, 2.45) is 0 Å². The van der Waals surface area contributed by atoms with Crippen LogP contribution < -0.4 is 0 Å². The van der Waals surface area contributed by atoms with Gasteiger partial charge >= 0.3 is 0 Å². The highest BCUT2D eigenvalue weighted by atomic mass is 16.3. The predicted octanol–water partition coefficient (Wildman–Crippen LogP) is 2.77. The fourth-order valence-electron chi connectivity index (χ4n) is 2.70. The predicted molar refractivity (Wildman–Crippen MR) is 76.3 cm³/mol. The van der Waals surface area contributed by atoms with Gasteiger partial charge in [0.05, 0.1) is 5.54 Å². The third-order valence-corrected chi connectivity index (χ3v) is 4.10. The van der Waals surface area contributed by atoms with E-state index in [9.17, 15) is 9.90 Å². The number of phenols is 1. The van der Waals surface area contributed by atoms with E-state index in [0.29, 0.717) is 6.42 Å². The van der Waals surface area contributed by atoms with Gasteiger partial charge in [-0.1, -0.05) is 18.6 Å². The second-order valence-electron chi connectivity index (χ2n) is 5.88. The zero-order valence-corrected chi connectivity index (χ0v) is 11.9. The number of aromatic hydroxyl groups is 1. The lowest BCUT2D eigenvalue weighted by Gasteiger charge is -2.39. The van der Waals surface area contributed by atoms with E-state index in [4.69, 9.17) is 0 Å². The van der Waals surface area contributed by atoms with Crippen LogP contribution in [0.15, 0.2) is 24.3 Å². The van der Waals surface area contributed by atoms with Crippen LogP contribution >= 0.6 is 0 Å². The van der Waals surface area contributed by atoms with Crippen LogP contribution in [0.5, 0.6) is 5.75 Å². The van der Waals surface area contributed by atoms with Crippen molar-refractivity contribution in [2.75, 3.05) is 13.1 Å². The Hall–Kier alpha value is -1.35. The Morgan fingerprint density at radius 2 is 1.95 bits per heavy atom. The van der Waals surface area contributed by atoms with Gasteiger partial charge in [-0.05, 0) is 57.5 Å². The van der Waals surface area contributed by atoms with Crippen LogP contribution in [-0.2, 0) is 11.2 Å². The van der Waals surface area contributed by atoms with E-state index in [2.05, 4.69) is 4.90 Å². The normalized spacial score (nSPS) is 17.4. The summed E-state index contributed by atoms with van der Waals surface area (Å²) < 4.78 is 0. The van der Waals surface area contributed by atoms with E-state index in [1.165, 1.54) is 19.3 Å². The number of ketones is 1. The molecule has 1 N–H and O–H groups in total. The molecule has 1 heterocycles. The molecule has 2 rings (SSSR count). The Morgan fingerprint density at radius 1 is 1.26 bits per heavy atom. The van der Waals surface area contributed by atoms with Gasteiger partial charge in [0.2, 0.25) is 0 Å². The number of rotatable bonds is 4. The number of Topliss-reactive ketones (excluding diaryl/α,β-unsaturated/α-hetero) is 1. The molecular weight excluding hydrogens is 238 g/mol. The molecule has 3 nitrogen and oxygen atoms in total. The van der Waals surface area contributed by atoms with Crippen LogP contribution in [0.2, 0.25) is 0 Å². The van der Waals surface area contributed by atoms with Gasteiger partial charge in [-0.3, -0.25) is 9.69 Å². The summed E-state index contributed by atoms with van der Waals surface area (Å²) in [5.74, 6) is 0.445. The Balaban J connectivity index is 2.05. The van der Waals surface area contributed by atoms with Gasteiger partial charge < -0.3 is 5.11 Å². The molecule has 0 aliphatic carbocycles. The Morgan fingerprint density at radius 3 is 2.58 bits per heavy atom. The van der Waals surface area contributed by atoms with E-state index in [-0.39, 0.29) is 11.5 Å². The summed E-state index contributed by atoms with van der Waals surface area (Å²) in [4.78, 5) is 14.8. The standard InChI is InChI=1S/C16H23NO2/c1-16(2,17-9-4-3-5-10-17)15(19)12-13-7-6-8-14(18)11-13/h6-8,11,18H,3-5,9-10,12H2,1-2H3. The maximum Gasteiger partial charge on any atom is 0.156 e. The third kappa shape index (κ3) is 3.35. The molecule has 0 spiro atoms. The monoisotopic (exact) mass is 261 g/mol. The summed E-state index contributed by atoms with van der Waals surface area (Å²) in [6, 6.07) is 6.98. The molecule has 1 aliphatic heterocycles. The van der Waals surface area contributed by atoms with Crippen LogP contribution in [0.3, 0.4) is 0 Å². The lowest BCUT2D eigenvalue weighted by Crippen LogP contribution is -2.52. The van der Waals surface area contributed by atoms with Crippen LogP contribution in [-0.4, -0.2) is 34.4 Å². The largest absolute Gasteiger partial charge is 0.508 e. The number of likely N-dealkylation sites (tertiary alicyclic amines) is 1. The second kappa shape index (κ2) is 5.74. The quantitative estimate of drug-likeness (QED) is 0.906. The first-order chi connectivity index (χ1) is 9.00. The number of hydrogen-bond donors (Lipinski definition) is 1. The van der Waals surface area contributed by atoms with Crippen molar-refractivity contribution in [1.29, 1.82) is 0 Å². The highest BCUT2D eigenvalue weighted by molar-refractivity contribution is 5.89. The number of nitrogens with zero attached hydrogens (tertiary/aromatic N) is 1. The fraction of sp³-hybridized carbons (Fsp3) is 0.562. The molecule has 0 saturated carbocycles. The van der Waals surface area contributed by atoms with Gasteiger partial charge in [-0.15, -0.1) is 0 Å². The van der Waals surface area contributed by atoms with E-state index in [1.54, 1.807) is 18.2 Å². The first-order valence-electron chi connectivity index (χ1n) is 7.06. The summed E-state index contributed by atoms with van der Waals surface area (Å²) in [6.07, 6.45) is 4.02. The van der Waals surface area contributed by atoms with E-state index in [0.717, 1.165) is 18.7 Å². The molecule has 1 fully saturated rings. The molecule has 1 aromatic carbocycles. The molecule has 0 bridgehead atoms. The minimum Gasteiger partial charge on any atom is -0.508 e. The van der Waals surface area contributed by atoms with Gasteiger partial charge in [0.15, 0.2) is 5.78 Å². The average Bonchev–Trinajstić information content (AvgIpc) is 2.39. The minimum absolute atomic E-state index is 0.222. The topological polar surface area (TPSA) is 40.5 Å². The summed E-state index contributed by atoms with van der Waals surface area (Å²) in [5, 5.41) is 9.46. The summed E-state index contributed by atoms with van der Waals surface area (Å²) in [6.45, 7) is 6.06. The zero-order valence-electron chi connectivity index (χ0n) is 11.9. The summed E-state index contributed by atoms with van der Waals surface area (Å²) in [5.41, 5.74) is 0.474. The number of hydrogen-bond acceptors (Lipinski definition) is 3. The van der Waals surface area contributed by atoms with Gasteiger partial charge in [0.1, 0.15) is 5.75 Å². The van der Waals surface area contributed by atoms with Gasteiger partial charge in [0, 0.05) is 6.42 Å². The number of piperidine rings is 1. The lowest BCUT2D eigenvalue weighted by atomic mass is 9.90. The molecule has 1 aliphatic rings. The molecule has 0 unspecified atom stereocenters. The van der Waals surface area contributed by atoms with Crippen molar-refractivity contribution >= 4 is 5.78 Å². The number of benzene rings is 1. The van der Waals surface area contributed by atoms with Gasteiger partial charge in [-0.25, -0.2) is 0 Å². The maximum absolute atomic E-state index is 12.5. The SMILES string of the molecule is CC(C)(C(=O)Cc1cccc(O)c1)N1CCCCC1. The molecule has 0 radical (unpaired) electrons. The lowest BCUT2D eigenvalue weighted by molar-refractivity contribution is -0.129. The Bertz CT molecular complexity index is 448. The van der Waals surface area contributed by atoms with E-state index >= 15 is 0 Å². The maximum atomic E-state index is 12.5. The highest BCUT2D eigenvalue weighted by Crippen LogP contribution is 2.23. The molecule has 0 aromatic heterocycles. The number of carbonyl (C=O) groups is 1. The van der Waals surface area contributed by atoms with Gasteiger partial charge in [0.25, 0.3) is 0 Å². The van der Waals surface area contributed by atoms with Gasteiger partial charge in [-0.2, -0.15) is 0 Å².